The molecular weight excluding hydrogens is 237 g/mol. The molecule has 5 heteroatoms. The summed E-state index contributed by atoms with van der Waals surface area (Å²) in [5.74, 6) is -1.06. The number of aromatic hydroxyl groups is 1. The summed E-state index contributed by atoms with van der Waals surface area (Å²) >= 11 is 0. The van der Waals surface area contributed by atoms with E-state index in [1.54, 1.807) is 20.8 Å². The van der Waals surface area contributed by atoms with Gasteiger partial charge < -0.3 is 9.84 Å². The minimum Gasteiger partial charge on any atom is -0.505 e. The number of nitrogens with zero attached hydrogens (tertiary/aromatic N) is 1. The van der Waals surface area contributed by atoms with Crippen molar-refractivity contribution in [3.63, 3.8) is 0 Å². The van der Waals surface area contributed by atoms with Crippen LogP contribution in [-0.2, 0) is 17.8 Å². The summed E-state index contributed by atoms with van der Waals surface area (Å²) in [7, 11) is 0. The number of rotatable bonds is 0. The number of halogens is 1. The molecule has 1 aliphatic heterocycles. The lowest BCUT2D eigenvalue weighted by Crippen LogP contribution is -2.33. The maximum atomic E-state index is 13.2. The molecule has 1 aliphatic rings. The maximum absolute atomic E-state index is 13.2. The van der Waals surface area contributed by atoms with Gasteiger partial charge in [-0.15, -0.1) is 0 Å². The Bertz CT molecular complexity index is 463. The van der Waals surface area contributed by atoms with Crippen LogP contribution in [0.1, 0.15) is 31.9 Å². The molecule has 0 saturated carbocycles. The van der Waals surface area contributed by atoms with Gasteiger partial charge in [-0.25, -0.2) is 9.18 Å². The molecule has 0 saturated heterocycles. The van der Waals surface area contributed by atoms with E-state index in [1.165, 1.54) is 17.0 Å². The molecule has 98 valence electrons. The van der Waals surface area contributed by atoms with E-state index >= 15 is 0 Å². The number of benzene rings is 1. The van der Waals surface area contributed by atoms with Crippen LogP contribution in [0, 0.1) is 5.82 Å². The van der Waals surface area contributed by atoms with Crippen LogP contribution in [0.3, 0.4) is 0 Å². The fourth-order valence-corrected chi connectivity index (χ4v) is 1.86. The second-order valence-corrected chi connectivity index (χ2v) is 5.41. The normalized spacial score (nSPS) is 14.6. The van der Waals surface area contributed by atoms with Gasteiger partial charge in [0.2, 0.25) is 0 Å². The van der Waals surface area contributed by atoms with Crippen molar-refractivity contribution in [2.24, 2.45) is 0 Å². The van der Waals surface area contributed by atoms with Crippen LogP contribution in [0.5, 0.6) is 5.75 Å². The number of ether oxygens (including phenoxy) is 1. The third-order valence-electron chi connectivity index (χ3n) is 2.64. The molecule has 0 aromatic heterocycles. The summed E-state index contributed by atoms with van der Waals surface area (Å²) in [4.78, 5) is 13.3. The van der Waals surface area contributed by atoms with Crippen LogP contribution < -0.4 is 0 Å². The summed E-state index contributed by atoms with van der Waals surface area (Å²) in [6.07, 6.45) is -0.432. The van der Waals surface area contributed by atoms with E-state index in [-0.39, 0.29) is 5.75 Å². The number of carbonyl (C=O) groups excluding carboxylic acids is 1. The van der Waals surface area contributed by atoms with Crippen LogP contribution in [0.4, 0.5) is 9.18 Å². The maximum Gasteiger partial charge on any atom is 0.410 e. The topological polar surface area (TPSA) is 49.8 Å². The quantitative estimate of drug-likeness (QED) is 0.773. The fraction of sp³-hybridized carbons (Fsp3) is 0.462. The zero-order valence-corrected chi connectivity index (χ0v) is 10.7. The van der Waals surface area contributed by atoms with E-state index in [0.29, 0.717) is 18.7 Å². The number of amides is 1. The Morgan fingerprint density at radius 2 is 1.89 bits per heavy atom. The molecule has 1 aromatic rings. The highest BCUT2D eigenvalue weighted by Gasteiger charge is 2.28. The average molecular weight is 253 g/mol. The van der Waals surface area contributed by atoms with Crippen LogP contribution in [0.2, 0.25) is 0 Å². The lowest BCUT2D eigenvalue weighted by Gasteiger charge is -2.24. The minimum atomic E-state index is -0.667. The Balaban J connectivity index is 2.13. The monoisotopic (exact) mass is 253 g/mol. The predicted molar refractivity (Wildman–Crippen MR) is 63.5 cm³/mol. The van der Waals surface area contributed by atoms with Gasteiger partial charge in [0.25, 0.3) is 0 Å². The molecule has 1 aromatic carbocycles. The number of hydrogen-bond donors (Lipinski definition) is 1. The van der Waals surface area contributed by atoms with E-state index < -0.39 is 17.5 Å². The van der Waals surface area contributed by atoms with Crippen molar-refractivity contribution in [3.05, 3.63) is 29.1 Å². The Morgan fingerprint density at radius 3 is 2.44 bits per heavy atom. The van der Waals surface area contributed by atoms with Crippen molar-refractivity contribution in [2.75, 3.05) is 0 Å². The molecule has 1 N–H and O–H groups in total. The zero-order valence-electron chi connectivity index (χ0n) is 10.7. The Morgan fingerprint density at radius 1 is 1.33 bits per heavy atom. The molecule has 0 unspecified atom stereocenters. The summed E-state index contributed by atoms with van der Waals surface area (Å²) in [6.45, 7) is 6.01. The molecule has 18 heavy (non-hydrogen) atoms. The van der Waals surface area contributed by atoms with Gasteiger partial charge in [0, 0.05) is 13.1 Å². The van der Waals surface area contributed by atoms with Gasteiger partial charge in [-0.1, -0.05) is 0 Å². The molecule has 0 atom stereocenters. The van der Waals surface area contributed by atoms with Gasteiger partial charge in [0.05, 0.1) is 0 Å². The first-order valence-electron chi connectivity index (χ1n) is 5.74. The van der Waals surface area contributed by atoms with Crippen molar-refractivity contribution in [1.29, 1.82) is 0 Å². The third kappa shape index (κ3) is 2.55. The van der Waals surface area contributed by atoms with Crippen LogP contribution in [0.25, 0.3) is 0 Å². The number of carbonyl (C=O) groups is 1. The van der Waals surface area contributed by atoms with E-state index in [2.05, 4.69) is 0 Å². The highest BCUT2D eigenvalue weighted by molar-refractivity contribution is 5.69. The molecule has 1 amide bonds. The van der Waals surface area contributed by atoms with E-state index in [1.807, 2.05) is 0 Å². The van der Waals surface area contributed by atoms with Gasteiger partial charge in [-0.05, 0) is 44.0 Å². The van der Waals surface area contributed by atoms with Crippen LogP contribution >= 0.6 is 0 Å². The molecule has 0 radical (unpaired) electrons. The molecule has 0 spiro atoms. The lowest BCUT2D eigenvalue weighted by atomic mass is 10.1. The number of phenolic OH excluding ortho intramolecular Hbond substituents is 1. The van der Waals surface area contributed by atoms with E-state index in [9.17, 15) is 14.3 Å². The van der Waals surface area contributed by atoms with Crippen molar-refractivity contribution >= 4 is 6.09 Å². The van der Waals surface area contributed by atoms with Gasteiger partial charge in [0.1, 0.15) is 5.60 Å². The summed E-state index contributed by atoms with van der Waals surface area (Å²) in [5.41, 5.74) is 0.898. The molecule has 2 rings (SSSR count). The average Bonchev–Trinajstić information content (AvgIpc) is 2.59. The first-order valence-corrected chi connectivity index (χ1v) is 5.74. The van der Waals surface area contributed by atoms with Crippen molar-refractivity contribution in [3.8, 4) is 5.75 Å². The van der Waals surface area contributed by atoms with E-state index in [4.69, 9.17) is 4.74 Å². The van der Waals surface area contributed by atoms with Crippen molar-refractivity contribution < 1.29 is 19.0 Å². The van der Waals surface area contributed by atoms with Crippen molar-refractivity contribution in [2.45, 2.75) is 39.5 Å². The highest BCUT2D eigenvalue weighted by Crippen LogP contribution is 2.29. The first kappa shape index (κ1) is 12.7. The second kappa shape index (κ2) is 4.15. The molecule has 0 fully saturated rings. The molecular formula is C13H16FNO3. The SMILES string of the molecule is CC(C)(C)OC(=O)N1Cc2cc(O)c(F)cc2C1. The van der Waals surface area contributed by atoms with Crippen LogP contribution in [-0.4, -0.2) is 21.7 Å². The zero-order chi connectivity index (χ0) is 13.5. The standard InChI is InChI=1S/C13H16FNO3/c1-13(2,3)18-12(17)15-6-8-4-10(14)11(16)5-9(8)7-15/h4-5,16H,6-7H2,1-3H3. The van der Waals surface area contributed by atoms with Gasteiger partial charge in [-0.3, -0.25) is 4.90 Å². The number of phenols is 1. The smallest absolute Gasteiger partial charge is 0.410 e. The Hall–Kier alpha value is -1.78. The largest absolute Gasteiger partial charge is 0.505 e. The molecule has 0 bridgehead atoms. The first-order chi connectivity index (χ1) is 8.26. The fourth-order valence-electron chi connectivity index (χ4n) is 1.86. The summed E-state index contributed by atoms with van der Waals surface area (Å²) in [5, 5.41) is 9.29. The van der Waals surface area contributed by atoms with Gasteiger partial charge in [-0.2, -0.15) is 0 Å². The predicted octanol–water partition coefficient (Wildman–Crippen LogP) is 2.78. The van der Waals surface area contributed by atoms with Crippen LogP contribution in [0.15, 0.2) is 12.1 Å². The van der Waals surface area contributed by atoms with E-state index in [0.717, 1.165) is 5.56 Å². The minimum absolute atomic E-state index is 0.307. The second-order valence-electron chi connectivity index (χ2n) is 5.41. The third-order valence-corrected chi connectivity index (χ3v) is 2.64. The number of hydrogen-bond acceptors (Lipinski definition) is 3. The molecule has 0 aliphatic carbocycles. The molecule has 1 heterocycles. The summed E-state index contributed by atoms with van der Waals surface area (Å²) < 4.78 is 18.4. The Labute approximate surface area is 105 Å². The Kier molecular flexibility index (Phi) is 2.92. The molecule has 4 nitrogen and oxygen atoms in total. The van der Waals surface area contributed by atoms with Crippen molar-refractivity contribution in [1.82, 2.24) is 4.90 Å². The lowest BCUT2D eigenvalue weighted by molar-refractivity contribution is 0.0241. The highest BCUT2D eigenvalue weighted by atomic mass is 19.1. The number of fused-ring (bicyclic) bond motifs is 1. The van der Waals surface area contributed by atoms with Gasteiger partial charge in [0.15, 0.2) is 11.6 Å². The van der Waals surface area contributed by atoms with Gasteiger partial charge >= 0.3 is 6.09 Å². The summed E-state index contributed by atoms with van der Waals surface area (Å²) in [6, 6.07) is 2.62.